The number of fused-ring (bicyclic) bond motifs is 1. The summed E-state index contributed by atoms with van der Waals surface area (Å²) in [5, 5.41) is 0. The molecule has 0 aromatic carbocycles. The summed E-state index contributed by atoms with van der Waals surface area (Å²) < 4.78 is 0. The molecule has 3 rings (SSSR count). The van der Waals surface area contributed by atoms with Crippen molar-refractivity contribution in [3.63, 3.8) is 0 Å². The van der Waals surface area contributed by atoms with Crippen molar-refractivity contribution < 1.29 is 0 Å². The number of hydrogen-bond donors (Lipinski definition) is 1. The molecule has 0 radical (unpaired) electrons. The summed E-state index contributed by atoms with van der Waals surface area (Å²) in [5.74, 6) is 0. The summed E-state index contributed by atoms with van der Waals surface area (Å²) in [5.41, 5.74) is 8.16. The lowest BCUT2D eigenvalue weighted by molar-refractivity contribution is 0.471. The van der Waals surface area contributed by atoms with Crippen LogP contribution in [-0.2, 0) is 18.4 Å². The van der Waals surface area contributed by atoms with E-state index in [0.717, 1.165) is 0 Å². The average molecular weight is 221 g/mol. The zero-order valence-corrected chi connectivity index (χ0v) is 10.0. The van der Waals surface area contributed by atoms with Gasteiger partial charge in [0.1, 0.15) is 0 Å². The lowest BCUT2D eigenvalue weighted by atomic mass is 9.94. The van der Waals surface area contributed by atoms with Crippen molar-refractivity contribution >= 4 is 11.3 Å². The van der Waals surface area contributed by atoms with Crippen LogP contribution in [0.3, 0.4) is 0 Å². The summed E-state index contributed by atoms with van der Waals surface area (Å²) in [7, 11) is 0. The fraction of sp³-hybridized carbons (Fsp3) is 0.692. The van der Waals surface area contributed by atoms with E-state index in [2.05, 4.69) is 6.07 Å². The van der Waals surface area contributed by atoms with Gasteiger partial charge in [-0.05, 0) is 50.2 Å². The standard InChI is InChI=1S/C13H19NS/c14-13(7-3-4-8-13)12-9-10-5-1-2-6-11(10)15-12/h9H,1-8,14H2. The Morgan fingerprint density at radius 3 is 2.53 bits per heavy atom. The number of nitrogens with two attached hydrogens (primary N) is 1. The molecule has 1 aromatic heterocycles. The molecule has 0 atom stereocenters. The van der Waals surface area contributed by atoms with Crippen molar-refractivity contribution in [2.75, 3.05) is 0 Å². The van der Waals surface area contributed by atoms with Gasteiger partial charge < -0.3 is 5.73 Å². The van der Waals surface area contributed by atoms with Gasteiger partial charge in [-0.25, -0.2) is 0 Å². The van der Waals surface area contributed by atoms with Crippen LogP contribution < -0.4 is 5.73 Å². The summed E-state index contributed by atoms with van der Waals surface area (Å²) in [6.07, 6.45) is 10.4. The number of rotatable bonds is 1. The number of thiophene rings is 1. The maximum absolute atomic E-state index is 6.50. The highest BCUT2D eigenvalue weighted by Crippen LogP contribution is 2.42. The number of hydrogen-bond acceptors (Lipinski definition) is 2. The van der Waals surface area contributed by atoms with Crippen LogP contribution in [0.1, 0.15) is 53.8 Å². The maximum atomic E-state index is 6.50. The molecule has 2 aliphatic carbocycles. The normalized spacial score (nSPS) is 24.1. The van der Waals surface area contributed by atoms with E-state index in [1.54, 1.807) is 10.4 Å². The van der Waals surface area contributed by atoms with E-state index < -0.39 is 0 Å². The molecular weight excluding hydrogens is 202 g/mol. The Hall–Kier alpha value is -0.340. The quantitative estimate of drug-likeness (QED) is 0.773. The molecule has 0 unspecified atom stereocenters. The molecule has 0 bridgehead atoms. The van der Waals surface area contributed by atoms with E-state index in [-0.39, 0.29) is 5.54 Å². The molecule has 1 heterocycles. The third-order valence-electron chi connectivity index (χ3n) is 3.98. The van der Waals surface area contributed by atoms with Crippen LogP contribution in [0.15, 0.2) is 6.07 Å². The first-order chi connectivity index (χ1) is 7.28. The Labute approximate surface area is 95.7 Å². The van der Waals surface area contributed by atoms with Gasteiger partial charge in [-0.1, -0.05) is 12.8 Å². The fourth-order valence-electron chi connectivity index (χ4n) is 2.99. The molecule has 0 spiro atoms. The second-order valence-corrected chi connectivity index (χ2v) is 6.27. The van der Waals surface area contributed by atoms with Crippen molar-refractivity contribution in [2.45, 2.75) is 56.9 Å². The monoisotopic (exact) mass is 221 g/mol. The second-order valence-electron chi connectivity index (χ2n) is 5.13. The zero-order valence-electron chi connectivity index (χ0n) is 9.22. The molecule has 1 nitrogen and oxygen atoms in total. The molecule has 82 valence electrons. The van der Waals surface area contributed by atoms with Crippen LogP contribution in [0.2, 0.25) is 0 Å². The Morgan fingerprint density at radius 2 is 1.80 bits per heavy atom. The topological polar surface area (TPSA) is 26.0 Å². The molecule has 1 aromatic rings. The first kappa shape index (κ1) is 9.86. The van der Waals surface area contributed by atoms with Gasteiger partial charge in [0.25, 0.3) is 0 Å². The molecule has 2 heteroatoms. The summed E-state index contributed by atoms with van der Waals surface area (Å²) in [4.78, 5) is 3.11. The fourth-order valence-corrected chi connectivity index (χ4v) is 4.40. The van der Waals surface area contributed by atoms with Gasteiger partial charge in [-0.2, -0.15) is 0 Å². The highest BCUT2D eigenvalue weighted by molar-refractivity contribution is 7.12. The first-order valence-corrected chi connectivity index (χ1v) is 7.00. The zero-order chi connectivity index (χ0) is 10.3. The van der Waals surface area contributed by atoms with Gasteiger partial charge in [-0.15, -0.1) is 11.3 Å². The van der Waals surface area contributed by atoms with E-state index in [4.69, 9.17) is 5.73 Å². The Morgan fingerprint density at radius 1 is 1.07 bits per heavy atom. The van der Waals surface area contributed by atoms with Crippen LogP contribution in [-0.4, -0.2) is 0 Å². The predicted molar refractivity (Wildman–Crippen MR) is 65.3 cm³/mol. The van der Waals surface area contributed by atoms with Crippen molar-refractivity contribution in [2.24, 2.45) is 5.73 Å². The molecule has 15 heavy (non-hydrogen) atoms. The largest absolute Gasteiger partial charge is 0.321 e. The highest BCUT2D eigenvalue weighted by atomic mass is 32.1. The summed E-state index contributed by atoms with van der Waals surface area (Å²) >= 11 is 2.01. The van der Waals surface area contributed by atoms with Crippen LogP contribution in [0.25, 0.3) is 0 Å². The van der Waals surface area contributed by atoms with Gasteiger partial charge >= 0.3 is 0 Å². The molecule has 1 saturated carbocycles. The van der Waals surface area contributed by atoms with E-state index >= 15 is 0 Å². The van der Waals surface area contributed by atoms with Gasteiger partial charge in [0.15, 0.2) is 0 Å². The van der Waals surface area contributed by atoms with E-state index in [1.165, 1.54) is 56.2 Å². The molecule has 1 fully saturated rings. The van der Waals surface area contributed by atoms with Crippen LogP contribution in [0.5, 0.6) is 0 Å². The molecule has 0 aliphatic heterocycles. The summed E-state index contributed by atoms with van der Waals surface area (Å²) in [6.45, 7) is 0. The average Bonchev–Trinajstić information content (AvgIpc) is 2.84. The summed E-state index contributed by atoms with van der Waals surface area (Å²) in [6, 6.07) is 2.42. The van der Waals surface area contributed by atoms with E-state index in [9.17, 15) is 0 Å². The Bertz CT molecular complexity index is 337. The lowest BCUT2D eigenvalue weighted by Crippen LogP contribution is -2.31. The van der Waals surface area contributed by atoms with Crippen molar-refractivity contribution in [3.8, 4) is 0 Å². The third kappa shape index (κ3) is 1.64. The lowest BCUT2D eigenvalue weighted by Gasteiger charge is -2.21. The van der Waals surface area contributed by atoms with Crippen LogP contribution in [0, 0.1) is 0 Å². The van der Waals surface area contributed by atoms with Crippen LogP contribution >= 0.6 is 11.3 Å². The second kappa shape index (κ2) is 3.60. The third-order valence-corrected chi connectivity index (χ3v) is 5.44. The SMILES string of the molecule is NC1(c2cc3c(s2)CCCC3)CCCC1. The predicted octanol–water partition coefficient (Wildman–Crippen LogP) is 3.35. The van der Waals surface area contributed by atoms with Gasteiger partial charge in [0, 0.05) is 9.75 Å². The number of aryl methyl sites for hydroxylation is 2. The van der Waals surface area contributed by atoms with Crippen molar-refractivity contribution in [3.05, 3.63) is 21.4 Å². The minimum Gasteiger partial charge on any atom is -0.321 e. The first-order valence-electron chi connectivity index (χ1n) is 6.19. The smallest absolute Gasteiger partial charge is 0.0503 e. The van der Waals surface area contributed by atoms with Gasteiger partial charge in [0.2, 0.25) is 0 Å². The van der Waals surface area contributed by atoms with Crippen molar-refractivity contribution in [1.82, 2.24) is 0 Å². The van der Waals surface area contributed by atoms with Gasteiger partial charge in [-0.3, -0.25) is 0 Å². The van der Waals surface area contributed by atoms with Gasteiger partial charge in [0.05, 0.1) is 5.54 Å². The Kier molecular flexibility index (Phi) is 2.37. The Balaban J connectivity index is 1.95. The highest BCUT2D eigenvalue weighted by Gasteiger charge is 2.33. The minimum absolute atomic E-state index is 0.0437. The molecule has 2 aliphatic rings. The van der Waals surface area contributed by atoms with E-state index in [0.29, 0.717) is 0 Å². The molecule has 0 amide bonds. The molecular formula is C13H19NS. The van der Waals surface area contributed by atoms with E-state index in [1.807, 2.05) is 11.3 Å². The molecule has 0 saturated heterocycles. The van der Waals surface area contributed by atoms with Crippen molar-refractivity contribution in [1.29, 1.82) is 0 Å². The van der Waals surface area contributed by atoms with Crippen LogP contribution in [0.4, 0.5) is 0 Å². The maximum Gasteiger partial charge on any atom is 0.0503 e. The minimum atomic E-state index is 0.0437. The molecule has 2 N–H and O–H groups in total.